The maximum Gasteiger partial charge on any atom is 0.238 e. The van der Waals surface area contributed by atoms with Crippen LogP contribution in [0, 0.1) is 0 Å². The fourth-order valence-corrected chi connectivity index (χ4v) is 3.23. The van der Waals surface area contributed by atoms with Crippen molar-refractivity contribution in [2.45, 2.75) is 33.2 Å². The third-order valence-corrected chi connectivity index (χ3v) is 4.57. The highest BCUT2D eigenvalue weighted by Gasteiger charge is 2.15. The third kappa shape index (κ3) is 4.17. The maximum atomic E-state index is 12.5. The molecule has 3 rings (SSSR count). The lowest BCUT2D eigenvalue weighted by molar-refractivity contribution is -0.117. The second-order valence-electron chi connectivity index (χ2n) is 6.57. The summed E-state index contributed by atoms with van der Waals surface area (Å²) in [6.07, 6.45) is 1.80. The third-order valence-electron chi connectivity index (χ3n) is 4.57. The van der Waals surface area contributed by atoms with E-state index in [0.29, 0.717) is 13.1 Å². The number of benzene rings is 2. The summed E-state index contributed by atoms with van der Waals surface area (Å²) >= 11 is 0. The van der Waals surface area contributed by atoms with Crippen molar-refractivity contribution in [3.8, 4) is 11.5 Å². The summed E-state index contributed by atoms with van der Waals surface area (Å²) in [6, 6.07) is 12.1. The molecule has 0 atom stereocenters. The number of anilines is 1. The van der Waals surface area contributed by atoms with Crippen LogP contribution >= 0.6 is 0 Å². The van der Waals surface area contributed by atoms with E-state index in [1.807, 2.05) is 30.1 Å². The van der Waals surface area contributed by atoms with Gasteiger partial charge in [-0.05, 0) is 48.7 Å². The lowest BCUT2D eigenvalue weighted by atomic mass is 10.0. The van der Waals surface area contributed by atoms with E-state index in [1.165, 1.54) is 11.1 Å². The molecule has 138 valence electrons. The molecule has 0 radical (unpaired) electrons. The highest BCUT2D eigenvalue weighted by Crippen LogP contribution is 2.32. The zero-order valence-corrected chi connectivity index (χ0v) is 15.7. The van der Waals surface area contributed by atoms with Crippen molar-refractivity contribution >= 4 is 11.6 Å². The Labute approximate surface area is 154 Å². The van der Waals surface area contributed by atoms with Crippen LogP contribution in [0.1, 0.15) is 30.5 Å². The Kier molecular flexibility index (Phi) is 5.78. The van der Waals surface area contributed by atoms with Gasteiger partial charge in [0.25, 0.3) is 0 Å². The molecule has 0 unspecified atom stereocenters. The van der Waals surface area contributed by atoms with Crippen molar-refractivity contribution in [1.82, 2.24) is 4.90 Å². The number of hydrogen-bond acceptors (Lipinski definition) is 4. The number of carbonyl (C=O) groups excluding carboxylic acids is 1. The van der Waals surface area contributed by atoms with Gasteiger partial charge in [-0.15, -0.1) is 0 Å². The van der Waals surface area contributed by atoms with E-state index in [2.05, 4.69) is 37.4 Å². The summed E-state index contributed by atoms with van der Waals surface area (Å²) in [5, 5.41) is 3.11. The van der Waals surface area contributed by atoms with E-state index in [9.17, 15) is 4.79 Å². The molecule has 0 fully saturated rings. The molecular formula is C21H26N2O3. The number of amides is 1. The molecule has 5 nitrogen and oxygen atoms in total. The van der Waals surface area contributed by atoms with Gasteiger partial charge in [0.15, 0.2) is 11.5 Å². The Hall–Kier alpha value is -2.53. The van der Waals surface area contributed by atoms with Gasteiger partial charge in [0.2, 0.25) is 12.7 Å². The molecular weight excluding hydrogens is 328 g/mol. The normalized spacial score (nSPS) is 12.5. The number of fused-ring (bicyclic) bond motifs is 1. The Balaban J connectivity index is 1.61. The molecule has 0 aliphatic carbocycles. The Morgan fingerprint density at radius 3 is 2.46 bits per heavy atom. The molecule has 1 aliphatic heterocycles. The summed E-state index contributed by atoms with van der Waals surface area (Å²) in [7, 11) is 1.94. The summed E-state index contributed by atoms with van der Waals surface area (Å²) in [6.45, 7) is 5.48. The Bertz CT molecular complexity index is 767. The highest BCUT2D eigenvalue weighted by molar-refractivity contribution is 5.93. The number of nitrogens with zero attached hydrogens (tertiary/aromatic N) is 1. The van der Waals surface area contributed by atoms with E-state index >= 15 is 0 Å². The first kappa shape index (κ1) is 18.3. The van der Waals surface area contributed by atoms with E-state index in [1.54, 1.807) is 0 Å². The highest BCUT2D eigenvalue weighted by atomic mass is 16.7. The molecule has 1 amide bonds. The second kappa shape index (κ2) is 8.23. The number of para-hydroxylation sites is 1. The van der Waals surface area contributed by atoms with Crippen molar-refractivity contribution in [1.29, 1.82) is 0 Å². The van der Waals surface area contributed by atoms with E-state index < -0.39 is 0 Å². The molecule has 2 aromatic carbocycles. The minimum absolute atomic E-state index is 0.00356. The zero-order chi connectivity index (χ0) is 18.5. The van der Waals surface area contributed by atoms with Crippen LogP contribution in [0.15, 0.2) is 36.4 Å². The predicted octanol–water partition coefficient (Wildman–Crippen LogP) is 3.61. The monoisotopic (exact) mass is 354 g/mol. The van der Waals surface area contributed by atoms with Crippen molar-refractivity contribution in [3.63, 3.8) is 0 Å². The minimum Gasteiger partial charge on any atom is -0.454 e. The number of hydrogen-bond donors (Lipinski definition) is 1. The van der Waals surface area contributed by atoms with Gasteiger partial charge in [-0.2, -0.15) is 0 Å². The summed E-state index contributed by atoms with van der Waals surface area (Å²) in [5.74, 6) is 1.55. The van der Waals surface area contributed by atoms with Gasteiger partial charge >= 0.3 is 0 Å². The average Bonchev–Trinajstić information content (AvgIpc) is 3.09. The van der Waals surface area contributed by atoms with Crippen LogP contribution in [0.5, 0.6) is 11.5 Å². The fraction of sp³-hybridized carbons (Fsp3) is 0.381. The molecule has 0 spiro atoms. The van der Waals surface area contributed by atoms with Gasteiger partial charge < -0.3 is 14.8 Å². The number of nitrogens with one attached hydrogen (secondary N) is 1. The molecule has 1 aliphatic rings. The van der Waals surface area contributed by atoms with Crippen LogP contribution in [-0.2, 0) is 24.2 Å². The van der Waals surface area contributed by atoms with Gasteiger partial charge in [0, 0.05) is 12.2 Å². The lowest BCUT2D eigenvalue weighted by Gasteiger charge is -2.19. The molecule has 0 saturated heterocycles. The largest absolute Gasteiger partial charge is 0.454 e. The SMILES string of the molecule is CCc1cccc(CC)c1NC(=O)CN(C)Cc1ccc2c(c1)OCO2. The first-order valence-corrected chi connectivity index (χ1v) is 9.08. The van der Waals surface area contributed by atoms with Crippen LogP contribution < -0.4 is 14.8 Å². The van der Waals surface area contributed by atoms with Gasteiger partial charge in [0.1, 0.15) is 0 Å². The van der Waals surface area contributed by atoms with E-state index in [4.69, 9.17) is 9.47 Å². The minimum atomic E-state index is 0.00356. The summed E-state index contributed by atoms with van der Waals surface area (Å²) in [4.78, 5) is 14.5. The Morgan fingerprint density at radius 1 is 1.08 bits per heavy atom. The maximum absolute atomic E-state index is 12.5. The number of ether oxygens (including phenoxy) is 2. The van der Waals surface area contributed by atoms with E-state index in [0.717, 1.165) is 35.6 Å². The molecule has 26 heavy (non-hydrogen) atoms. The molecule has 1 heterocycles. The first-order valence-electron chi connectivity index (χ1n) is 9.08. The quantitative estimate of drug-likeness (QED) is 0.825. The molecule has 0 bridgehead atoms. The van der Waals surface area contributed by atoms with Crippen LogP contribution in [-0.4, -0.2) is 31.2 Å². The Morgan fingerprint density at radius 2 is 1.77 bits per heavy atom. The van der Waals surface area contributed by atoms with Crippen molar-refractivity contribution < 1.29 is 14.3 Å². The van der Waals surface area contributed by atoms with Crippen LogP contribution in [0.4, 0.5) is 5.69 Å². The van der Waals surface area contributed by atoms with Gasteiger partial charge in [-0.3, -0.25) is 9.69 Å². The van der Waals surface area contributed by atoms with Crippen molar-refractivity contribution in [2.75, 3.05) is 25.7 Å². The van der Waals surface area contributed by atoms with Gasteiger partial charge in [-0.1, -0.05) is 38.1 Å². The molecule has 2 aromatic rings. The van der Waals surface area contributed by atoms with Crippen LogP contribution in [0.25, 0.3) is 0 Å². The number of rotatable bonds is 7. The number of likely N-dealkylation sites (N-methyl/N-ethyl adjacent to an activating group) is 1. The number of carbonyl (C=O) groups is 1. The van der Waals surface area contributed by atoms with Crippen LogP contribution in [0.2, 0.25) is 0 Å². The van der Waals surface area contributed by atoms with Crippen LogP contribution in [0.3, 0.4) is 0 Å². The summed E-state index contributed by atoms with van der Waals surface area (Å²) in [5.41, 5.74) is 4.42. The molecule has 0 aromatic heterocycles. The van der Waals surface area contributed by atoms with Gasteiger partial charge in [0.05, 0.1) is 6.54 Å². The van der Waals surface area contributed by atoms with E-state index in [-0.39, 0.29) is 12.7 Å². The zero-order valence-electron chi connectivity index (χ0n) is 15.7. The smallest absolute Gasteiger partial charge is 0.238 e. The van der Waals surface area contributed by atoms with Crippen molar-refractivity contribution in [3.05, 3.63) is 53.1 Å². The van der Waals surface area contributed by atoms with Gasteiger partial charge in [-0.25, -0.2) is 0 Å². The summed E-state index contributed by atoms with van der Waals surface area (Å²) < 4.78 is 10.7. The molecule has 5 heteroatoms. The second-order valence-corrected chi connectivity index (χ2v) is 6.57. The molecule has 0 saturated carbocycles. The first-order chi connectivity index (χ1) is 12.6. The standard InChI is InChI=1S/C21H26N2O3/c1-4-16-7-6-8-17(5-2)21(16)22-20(24)13-23(3)12-15-9-10-18-19(11-15)26-14-25-18/h6-11H,4-5,12-14H2,1-3H3,(H,22,24). The molecule has 1 N–H and O–H groups in total. The fourth-order valence-electron chi connectivity index (χ4n) is 3.23. The number of aryl methyl sites for hydroxylation is 2. The lowest BCUT2D eigenvalue weighted by Crippen LogP contribution is -2.30. The average molecular weight is 354 g/mol. The topological polar surface area (TPSA) is 50.8 Å². The van der Waals surface area contributed by atoms with Crippen molar-refractivity contribution in [2.24, 2.45) is 0 Å². The predicted molar refractivity (Wildman–Crippen MR) is 103 cm³/mol.